The standard InChI is InChI=1S/C10H11FN4O2S/c11-8-2-1-3-9(6-8)18(16,17)14-5-4-10-12-7-13-15-10/h1-3,6-7,14H,4-5H2,(H,12,13,15). The van der Waals surface area contributed by atoms with Crippen molar-refractivity contribution in [2.24, 2.45) is 0 Å². The topological polar surface area (TPSA) is 87.7 Å². The maximum Gasteiger partial charge on any atom is 0.240 e. The third kappa shape index (κ3) is 3.11. The van der Waals surface area contributed by atoms with E-state index in [4.69, 9.17) is 0 Å². The van der Waals surface area contributed by atoms with E-state index in [0.717, 1.165) is 6.07 Å². The van der Waals surface area contributed by atoms with Crippen molar-refractivity contribution in [2.75, 3.05) is 6.54 Å². The average Bonchev–Trinajstić information content (AvgIpc) is 2.82. The van der Waals surface area contributed by atoms with Crippen molar-refractivity contribution in [1.29, 1.82) is 0 Å². The Morgan fingerprint density at radius 3 is 2.89 bits per heavy atom. The highest BCUT2D eigenvalue weighted by Crippen LogP contribution is 2.09. The molecule has 1 heterocycles. The van der Waals surface area contributed by atoms with E-state index in [1.807, 2.05) is 0 Å². The zero-order valence-electron chi connectivity index (χ0n) is 9.30. The Bertz CT molecular complexity index is 613. The third-order valence-electron chi connectivity index (χ3n) is 2.23. The van der Waals surface area contributed by atoms with Crippen LogP contribution < -0.4 is 4.72 Å². The molecule has 0 radical (unpaired) electrons. The maximum absolute atomic E-state index is 12.9. The molecule has 8 heteroatoms. The second kappa shape index (κ2) is 5.23. The molecule has 0 fully saturated rings. The van der Waals surface area contributed by atoms with Crippen LogP contribution in [0.4, 0.5) is 4.39 Å². The van der Waals surface area contributed by atoms with Gasteiger partial charge in [0.25, 0.3) is 0 Å². The normalized spacial score (nSPS) is 11.6. The molecule has 0 aliphatic heterocycles. The van der Waals surface area contributed by atoms with Gasteiger partial charge in [-0.05, 0) is 18.2 Å². The highest BCUT2D eigenvalue weighted by atomic mass is 32.2. The third-order valence-corrected chi connectivity index (χ3v) is 3.68. The van der Waals surface area contributed by atoms with E-state index in [-0.39, 0.29) is 11.4 Å². The van der Waals surface area contributed by atoms with Crippen molar-refractivity contribution in [3.63, 3.8) is 0 Å². The minimum atomic E-state index is -3.69. The maximum atomic E-state index is 12.9. The first-order valence-corrected chi connectivity index (χ1v) is 6.66. The van der Waals surface area contributed by atoms with Gasteiger partial charge in [0.15, 0.2) is 0 Å². The number of H-pyrrole nitrogens is 1. The lowest BCUT2D eigenvalue weighted by atomic mass is 10.4. The first kappa shape index (κ1) is 12.7. The van der Waals surface area contributed by atoms with Gasteiger partial charge in [-0.25, -0.2) is 22.5 Å². The fourth-order valence-corrected chi connectivity index (χ4v) is 2.44. The molecule has 0 bridgehead atoms. The summed E-state index contributed by atoms with van der Waals surface area (Å²) in [5.41, 5.74) is 0. The van der Waals surface area contributed by atoms with Gasteiger partial charge in [0, 0.05) is 13.0 Å². The van der Waals surface area contributed by atoms with Crippen molar-refractivity contribution in [1.82, 2.24) is 19.9 Å². The van der Waals surface area contributed by atoms with Gasteiger partial charge in [0.2, 0.25) is 10.0 Å². The summed E-state index contributed by atoms with van der Waals surface area (Å²) < 4.78 is 38.9. The largest absolute Gasteiger partial charge is 0.263 e. The number of hydrogen-bond acceptors (Lipinski definition) is 4. The molecule has 2 aromatic rings. The molecule has 96 valence electrons. The number of rotatable bonds is 5. The molecule has 0 aliphatic carbocycles. The number of sulfonamides is 1. The van der Waals surface area contributed by atoms with E-state index in [9.17, 15) is 12.8 Å². The molecule has 18 heavy (non-hydrogen) atoms. The molecule has 0 unspecified atom stereocenters. The monoisotopic (exact) mass is 270 g/mol. The number of nitrogens with one attached hydrogen (secondary N) is 2. The first-order valence-electron chi connectivity index (χ1n) is 5.17. The number of benzene rings is 1. The van der Waals surface area contributed by atoms with Crippen LogP contribution in [0.2, 0.25) is 0 Å². The smallest absolute Gasteiger partial charge is 0.240 e. The van der Waals surface area contributed by atoms with Crippen LogP contribution in [0.5, 0.6) is 0 Å². The summed E-state index contributed by atoms with van der Waals surface area (Å²) in [5, 5.41) is 6.26. The summed E-state index contributed by atoms with van der Waals surface area (Å²) in [4.78, 5) is 3.76. The van der Waals surface area contributed by atoms with Crippen LogP contribution >= 0.6 is 0 Å². The lowest BCUT2D eigenvalue weighted by Crippen LogP contribution is -2.26. The summed E-state index contributed by atoms with van der Waals surface area (Å²) in [6.07, 6.45) is 1.73. The SMILES string of the molecule is O=S(=O)(NCCc1ncn[nH]1)c1cccc(F)c1. The van der Waals surface area contributed by atoms with E-state index in [1.165, 1.54) is 24.5 Å². The number of aromatic amines is 1. The Hall–Kier alpha value is -1.80. The van der Waals surface area contributed by atoms with Crippen LogP contribution in [0, 0.1) is 5.82 Å². The molecule has 2 rings (SSSR count). The molecule has 0 saturated heterocycles. The van der Waals surface area contributed by atoms with E-state index in [2.05, 4.69) is 19.9 Å². The van der Waals surface area contributed by atoms with Crippen LogP contribution in [0.1, 0.15) is 5.82 Å². The van der Waals surface area contributed by atoms with Gasteiger partial charge in [-0.15, -0.1) is 0 Å². The fraction of sp³-hybridized carbons (Fsp3) is 0.200. The van der Waals surface area contributed by atoms with Gasteiger partial charge >= 0.3 is 0 Å². The molecular formula is C10H11FN4O2S. The Morgan fingerprint density at radius 1 is 1.39 bits per heavy atom. The van der Waals surface area contributed by atoms with E-state index in [1.54, 1.807) is 0 Å². The second-order valence-corrected chi connectivity index (χ2v) is 5.30. The minimum absolute atomic E-state index is 0.0972. The highest BCUT2D eigenvalue weighted by Gasteiger charge is 2.13. The van der Waals surface area contributed by atoms with Crippen LogP contribution in [-0.4, -0.2) is 30.1 Å². The number of halogens is 1. The summed E-state index contributed by atoms with van der Waals surface area (Å²) in [7, 11) is -3.69. The van der Waals surface area contributed by atoms with Gasteiger partial charge in [-0.1, -0.05) is 6.07 Å². The molecule has 0 aliphatic rings. The zero-order valence-corrected chi connectivity index (χ0v) is 10.1. The van der Waals surface area contributed by atoms with E-state index in [0.29, 0.717) is 12.2 Å². The molecule has 0 amide bonds. The first-order chi connectivity index (χ1) is 8.58. The number of aromatic nitrogens is 3. The molecule has 0 atom stereocenters. The van der Waals surface area contributed by atoms with Crippen LogP contribution in [-0.2, 0) is 16.4 Å². The van der Waals surface area contributed by atoms with Gasteiger partial charge in [-0.2, -0.15) is 5.10 Å². The van der Waals surface area contributed by atoms with Crippen molar-refractivity contribution in [3.05, 3.63) is 42.2 Å². The van der Waals surface area contributed by atoms with Gasteiger partial charge in [0.1, 0.15) is 18.0 Å². The quantitative estimate of drug-likeness (QED) is 0.826. The summed E-state index contributed by atoms with van der Waals surface area (Å²) >= 11 is 0. The Kier molecular flexibility index (Phi) is 3.68. The van der Waals surface area contributed by atoms with Crippen molar-refractivity contribution in [3.8, 4) is 0 Å². The van der Waals surface area contributed by atoms with Crippen LogP contribution in [0.25, 0.3) is 0 Å². The lowest BCUT2D eigenvalue weighted by molar-refractivity contribution is 0.577. The molecule has 1 aromatic heterocycles. The van der Waals surface area contributed by atoms with Gasteiger partial charge in [0.05, 0.1) is 4.90 Å². The molecule has 6 nitrogen and oxygen atoms in total. The zero-order chi connectivity index (χ0) is 13.0. The number of hydrogen-bond donors (Lipinski definition) is 2. The van der Waals surface area contributed by atoms with Gasteiger partial charge in [-0.3, -0.25) is 5.10 Å². The van der Waals surface area contributed by atoms with E-state index < -0.39 is 15.8 Å². The molecule has 2 N–H and O–H groups in total. The predicted octanol–water partition coefficient (Wildman–Crippen LogP) is 0.465. The van der Waals surface area contributed by atoms with E-state index >= 15 is 0 Å². The Balaban J connectivity index is 1.99. The van der Waals surface area contributed by atoms with Gasteiger partial charge < -0.3 is 0 Å². The minimum Gasteiger partial charge on any atom is -0.263 e. The van der Waals surface area contributed by atoms with Crippen molar-refractivity contribution in [2.45, 2.75) is 11.3 Å². The lowest BCUT2D eigenvalue weighted by Gasteiger charge is -2.05. The van der Waals surface area contributed by atoms with Crippen molar-refractivity contribution < 1.29 is 12.8 Å². The average molecular weight is 270 g/mol. The molecule has 1 aromatic carbocycles. The molecule has 0 saturated carbocycles. The number of nitrogens with zero attached hydrogens (tertiary/aromatic N) is 2. The summed E-state index contributed by atoms with van der Waals surface area (Å²) in [6.45, 7) is 0.161. The summed E-state index contributed by atoms with van der Waals surface area (Å²) in [6, 6.07) is 4.84. The molecular weight excluding hydrogens is 259 g/mol. The van der Waals surface area contributed by atoms with Crippen LogP contribution in [0.3, 0.4) is 0 Å². The van der Waals surface area contributed by atoms with Crippen molar-refractivity contribution >= 4 is 10.0 Å². The fourth-order valence-electron chi connectivity index (χ4n) is 1.37. The second-order valence-electron chi connectivity index (χ2n) is 3.54. The van der Waals surface area contributed by atoms with Crippen LogP contribution in [0.15, 0.2) is 35.5 Å². The molecule has 0 spiro atoms. The Labute approximate surface area is 103 Å². The highest BCUT2D eigenvalue weighted by molar-refractivity contribution is 7.89. The Morgan fingerprint density at radius 2 is 2.22 bits per heavy atom. The summed E-state index contributed by atoms with van der Waals surface area (Å²) in [5.74, 6) is -0.00921. The predicted molar refractivity (Wildman–Crippen MR) is 61.7 cm³/mol.